The molecular formula is C19H27N5O3. The standard InChI is InChI=1S/C19H27N5O3/c1-20-19(21-13-15-5-4-6-17(25-2)18(15)26-3)24-10-8-23(9-11-24)14-16-7-12-27-22-16/h4-7,12H,8-11,13-14H2,1-3H3,(H,20,21). The zero-order valence-corrected chi connectivity index (χ0v) is 16.1. The van der Waals surface area contributed by atoms with E-state index in [1.165, 1.54) is 0 Å². The molecule has 1 aliphatic heterocycles. The quantitative estimate of drug-likeness (QED) is 0.609. The van der Waals surface area contributed by atoms with Crippen molar-refractivity contribution in [3.05, 3.63) is 41.8 Å². The Hall–Kier alpha value is -2.74. The number of ether oxygens (including phenoxy) is 2. The Morgan fingerprint density at radius 1 is 1.19 bits per heavy atom. The number of guanidine groups is 1. The van der Waals surface area contributed by atoms with Gasteiger partial charge in [-0.25, -0.2) is 0 Å². The lowest BCUT2D eigenvalue weighted by molar-refractivity contribution is 0.169. The van der Waals surface area contributed by atoms with Crippen LogP contribution in [-0.4, -0.2) is 68.4 Å². The van der Waals surface area contributed by atoms with Crippen LogP contribution in [0.3, 0.4) is 0 Å². The smallest absolute Gasteiger partial charge is 0.194 e. The van der Waals surface area contributed by atoms with Crippen molar-refractivity contribution in [2.45, 2.75) is 13.1 Å². The average Bonchev–Trinajstić information content (AvgIpc) is 3.22. The maximum atomic E-state index is 5.50. The van der Waals surface area contributed by atoms with Gasteiger partial charge in [0.05, 0.1) is 19.9 Å². The van der Waals surface area contributed by atoms with Crippen LogP contribution >= 0.6 is 0 Å². The third kappa shape index (κ3) is 4.71. The number of nitrogens with zero attached hydrogens (tertiary/aromatic N) is 4. The molecule has 0 atom stereocenters. The van der Waals surface area contributed by atoms with E-state index < -0.39 is 0 Å². The normalized spacial score (nSPS) is 15.7. The van der Waals surface area contributed by atoms with Gasteiger partial charge in [-0.1, -0.05) is 17.3 Å². The first-order valence-electron chi connectivity index (χ1n) is 9.02. The second kappa shape index (κ2) is 9.27. The van der Waals surface area contributed by atoms with Gasteiger partial charge in [0.1, 0.15) is 6.26 Å². The lowest BCUT2D eigenvalue weighted by atomic mass is 10.2. The van der Waals surface area contributed by atoms with Crippen LogP contribution in [0.5, 0.6) is 11.5 Å². The number of aliphatic imine (C=N–C) groups is 1. The third-order valence-electron chi connectivity index (χ3n) is 4.68. The third-order valence-corrected chi connectivity index (χ3v) is 4.68. The van der Waals surface area contributed by atoms with Crippen molar-refractivity contribution < 1.29 is 14.0 Å². The van der Waals surface area contributed by atoms with Crippen molar-refractivity contribution in [1.82, 2.24) is 20.3 Å². The fourth-order valence-corrected chi connectivity index (χ4v) is 3.27. The molecule has 1 aromatic heterocycles. The number of piperazine rings is 1. The van der Waals surface area contributed by atoms with E-state index in [-0.39, 0.29) is 0 Å². The molecule has 1 aromatic carbocycles. The molecule has 8 nitrogen and oxygen atoms in total. The molecule has 3 rings (SSSR count). The van der Waals surface area contributed by atoms with Crippen LogP contribution in [0.2, 0.25) is 0 Å². The van der Waals surface area contributed by atoms with Crippen LogP contribution < -0.4 is 14.8 Å². The van der Waals surface area contributed by atoms with Gasteiger partial charge in [-0.3, -0.25) is 9.89 Å². The highest BCUT2D eigenvalue weighted by atomic mass is 16.5. The van der Waals surface area contributed by atoms with Crippen LogP contribution in [0.25, 0.3) is 0 Å². The highest BCUT2D eigenvalue weighted by molar-refractivity contribution is 5.80. The minimum absolute atomic E-state index is 0.617. The summed E-state index contributed by atoms with van der Waals surface area (Å²) in [5.74, 6) is 2.37. The molecule has 0 unspecified atom stereocenters. The molecule has 1 fully saturated rings. The van der Waals surface area contributed by atoms with Gasteiger partial charge in [-0.15, -0.1) is 0 Å². The molecule has 0 aliphatic carbocycles. The van der Waals surface area contributed by atoms with E-state index in [1.807, 2.05) is 31.3 Å². The summed E-state index contributed by atoms with van der Waals surface area (Å²) >= 11 is 0. The van der Waals surface area contributed by atoms with Gasteiger partial charge in [-0.05, 0) is 6.07 Å². The van der Waals surface area contributed by atoms with Crippen molar-refractivity contribution >= 4 is 5.96 Å². The number of aromatic nitrogens is 1. The van der Waals surface area contributed by atoms with E-state index in [4.69, 9.17) is 14.0 Å². The molecule has 8 heteroatoms. The van der Waals surface area contributed by atoms with Crippen molar-refractivity contribution in [1.29, 1.82) is 0 Å². The van der Waals surface area contributed by atoms with Crippen LogP contribution in [0.4, 0.5) is 0 Å². The number of benzene rings is 1. The van der Waals surface area contributed by atoms with Crippen LogP contribution in [-0.2, 0) is 13.1 Å². The Labute approximate surface area is 159 Å². The number of para-hydroxylation sites is 1. The second-order valence-corrected chi connectivity index (χ2v) is 6.31. The summed E-state index contributed by atoms with van der Waals surface area (Å²) in [4.78, 5) is 9.08. The largest absolute Gasteiger partial charge is 0.493 e. The summed E-state index contributed by atoms with van der Waals surface area (Å²) in [6.45, 7) is 5.16. The molecule has 0 amide bonds. The predicted octanol–water partition coefficient (Wildman–Crippen LogP) is 1.58. The van der Waals surface area contributed by atoms with E-state index >= 15 is 0 Å². The van der Waals surface area contributed by atoms with Gasteiger partial charge in [0.2, 0.25) is 0 Å². The van der Waals surface area contributed by atoms with Crippen LogP contribution in [0.15, 0.2) is 40.0 Å². The fraction of sp³-hybridized carbons (Fsp3) is 0.474. The molecule has 0 bridgehead atoms. The monoisotopic (exact) mass is 373 g/mol. The van der Waals surface area contributed by atoms with Crippen LogP contribution in [0.1, 0.15) is 11.3 Å². The van der Waals surface area contributed by atoms with Gasteiger partial charge in [0, 0.05) is 57.9 Å². The Balaban J connectivity index is 1.54. The Bertz CT molecular complexity index is 740. The Morgan fingerprint density at radius 3 is 2.63 bits per heavy atom. The maximum absolute atomic E-state index is 5.50. The number of hydrogen-bond acceptors (Lipinski definition) is 6. The van der Waals surface area contributed by atoms with Gasteiger partial charge in [0.15, 0.2) is 17.5 Å². The molecule has 0 radical (unpaired) electrons. The van der Waals surface area contributed by atoms with Crippen molar-refractivity contribution in [3.63, 3.8) is 0 Å². The molecule has 1 saturated heterocycles. The first kappa shape index (κ1) is 19.0. The van der Waals surface area contributed by atoms with E-state index in [0.717, 1.165) is 61.4 Å². The molecule has 2 aromatic rings. The summed E-state index contributed by atoms with van der Waals surface area (Å²) in [6.07, 6.45) is 1.62. The lowest BCUT2D eigenvalue weighted by Gasteiger charge is -2.36. The van der Waals surface area contributed by atoms with E-state index in [2.05, 4.69) is 25.3 Å². The molecule has 0 saturated carbocycles. The van der Waals surface area contributed by atoms with E-state index in [0.29, 0.717) is 6.54 Å². The highest BCUT2D eigenvalue weighted by Gasteiger charge is 2.20. The molecule has 27 heavy (non-hydrogen) atoms. The zero-order valence-electron chi connectivity index (χ0n) is 16.1. The van der Waals surface area contributed by atoms with Crippen molar-refractivity contribution in [3.8, 4) is 11.5 Å². The summed E-state index contributed by atoms with van der Waals surface area (Å²) in [7, 11) is 5.11. The summed E-state index contributed by atoms with van der Waals surface area (Å²) in [6, 6.07) is 7.79. The number of rotatable bonds is 6. The second-order valence-electron chi connectivity index (χ2n) is 6.31. The molecular weight excluding hydrogens is 346 g/mol. The number of methoxy groups -OCH3 is 2. The predicted molar refractivity (Wildman–Crippen MR) is 103 cm³/mol. The average molecular weight is 373 g/mol. The lowest BCUT2D eigenvalue weighted by Crippen LogP contribution is -2.52. The molecule has 1 aliphatic rings. The first-order valence-corrected chi connectivity index (χ1v) is 9.02. The Kier molecular flexibility index (Phi) is 6.54. The van der Waals surface area contributed by atoms with Gasteiger partial charge < -0.3 is 24.2 Å². The Morgan fingerprint density at radius 2 is 2.00 bits per heavy atom. The highest BCUT2D eigenvalue weighted by Crippen LogP contribution is 2.30. The number of nitrogens with one attached hydrogen (secondary N) is 1. The van der Waals surface area contributed by atoms with Crippen molar-refractivity contribution in [2.75, 3.05) is 47.4 Å². The van der Waals surface area contributed by atoms with E-state index in [1.54, 1.807) is 20.5 Å². The van der Waals surface area contributed by atoms with Gasteiger partial charge in [-0.2, -0.15) is 0 Å². The topological polar surface area (TPSA) is 75.4 Å². The summed E-state index contributed by atoms with van der Waals surface area (Å²) < 4.78 is 15.8. The SMILES string of the molecule is CN=C(NCc1cccc(OC)c1OC)N1CCN(Cc2ccon2)CC1. The van der Waals surface area contributed by atoms with Crippen LogP contribution in [0, 0.1) is 0 Å². The maximum Gasteiger partial charge on any atom is 0.194 e. The molecule has 0 spiro atoms. The molecule has 2 heterocycles. The van der Waals surface area contributed by atoms with E-state index in [9.17, 15) is 0 Å². The van der Waals surface area contributed by atoms with Gasteiger partial charge in [0.25, 0.3) is 0 Å². The molecule has 1 N–H and O–H groups in total. The summed E-state index contributed by atoms with van der Waals surface area (Å²) in [5, 5.41) is 7.42. The minimum Gasteiger partial charge on any atom is -0.493 e. The first-order chi connectivity index (χ1) is 13.2. The minimum atomic E-state index is 0.617. The number of hydrogen-bond donors (Lipinski definition) is 1. The van der Waals surface area contributed by atoms with Crippen molar-refractivity contribution in [2.24, 2.45) is 4.99 Å². The molecule has 146 valence electrons. The van der Waals surface area contributed by atoms with Gasteiger partial charge >= 0.3 is 0 Å². The fourth-order valence-electron chi connectivity index (χ4n) is 3.27. The summed E-state index contributed by atoms with van der Waals surface area (Å²) in [5.41, 5.74) is 2.00. The zero-order chi connectivity index (χ0) is 19.1.